The van der Waals surface area contributed by atoms with Crippen LogP contribution in [-0.4, -0.2) is 26.4 Å². The van der Waals surface area contributed by atoms with Crippen LogP contribution in [0.5, 0.6) is 0 Å². The highest BCUT2D eigenvalue weighted by Gasteiger charge is 2.39. The van der Waals surface area contributed by atoms with Crippen LogP contribution in [-0.2, 0) is 11.9 Å². The van der Waals surface area contributed by atoms with E-state index in [1.807, 2.05) is 0 Å². The monoisotopic (exact) mass is 351 g/mol. The van der Waals surface area contributed by atoms with Gasteiger partial charge in [0.05, 0.1) is 29.3 Å². The molecule has 1 atom stereocenters. The zero-order chi connectivity index (χ0) is 18.3. The molecule has 2 amide bonds. The normalized spacial score (nSPS) is 14.6. The van der Waals surface area contributed by atoms with Crippen LogP contribution in [0.3, 0.4) is 0 Å². The molecule has 1 unspecified atom stereocenters. The molecule has 0 spiro atoms. The average Bonchev–Trinajstić information content (AvgIpc) is 3.17. The molecule has 0 N–H and O–H groups in total. The van der Waals surface area contributed by atoms with E-state index < -0.39 is 23.7 Å². The summed E-state index contributed by atoms with van der Waals surface area (Å²) < 4.78 is 15.0. The number of aromatic nitrogens is 2. The summed E-state index contributed by atoms with van der Waals surface area (Å²) in [4.78, 5) is 35.0. The number of halogens is 1. The van der Waals surface area contributed by atoms with E-state index in [2.05, 4.69) is 4.98 Å². The molecule has 3 aromatic rings. The third kappa shape index (κ3) is 2.58. The molecule has 26 heavy (non-hydrogen) atoms. The molecule has 0 radical (unpaired) electrons. The number of rotatable bonds is 4. The number of imidazole rings is 1. The van der Waals surface area contributed by atoms with Crippen LogP contribution in [0.15, 0.2) is 61.1 Å². The van der Waals surface area contributed by atoms with Crippen molar-refractivity contribution in [3.63, 3.8) is 0 Å². The van der Waals surface area contributed by atoms with Gasteiger partial charge in [-0.2, -0.15) is 0 Å². The van der Waals surface area contributed by atoms with E-state index in [1.165, 1.54) is 12.1 Å². The van der Waals surface area contributed by atoms with Crippen LogP contribution in [0.25, 0.3) is 0 Å². The standard InChI is InChI=1S/C19H14FN3O3/c1-22-11-21-10-16(22)17(12-6-8-13(20)9-7-12)26-23-18(24)14-4-2-3-5-15(14)19(23)25/h2-11,17H,1H3. The number of nitrogens with zero attached hydrogens (tertiary/aromatic N) is 3. The van der Waals surface area contributed by atoms with Crippen molar-refractivity contribution in [3.8, 4) is 0 Å². The first-order valence-electron chi connectivity index (χ1n) is 7.92. The lowest BCUT2D eigenvalue weighted by Gasteiger charge is -2.23. The smallest absolute Gasteiger partial charge is 0.285 e. The first-order valence-corrected chi connectivity index (χ1v) is 7.92. The molecular weight excluding hydrogens is 337 g/mol. The van der Waals surface area contributed by atoms with Gasteiger partial charge in [0.25, 0.3) is 11.8 Å². The molecular formula is C19H14FN3O3. The summed E-state index contributed by atoms with van der Waals surface area (Å²) >= 11 is 0. The molecule has 0 bridgehead atoms. The summed E-state index contributed by atoms with van der Waals surface area (Å²) in [5.74, 6) is -1.45. The lowest BCUT2D eigenvalue weighted by Crippen LogP contribution is -2.32. The molecule has 1 aromatic heterocycles. The second-order valence-corrected chi connectivity index (χ2v) is 5.92. The van der Waals surface area contributed by atoms with E-state index in [0.29, 0.717) is 22.4 Å². The van der Waals surface area contributed by atoms with Gasteiger partial charge in [-0.25, -0.2) is 14.2 Å². The Balaban J connectivity index is 1.73. The summed E-state index contributed by atoms with van der Waals surface area (Å²) in [6.45, 7) is 0. The van der Waals surface area contributed by atoms with Crippen LogP contribution >= 0.6 is 0 Å². The van der Waals surface area contributed by atoms with E-state index in [-0.39, 0.29) is 0 Å². The highest BCUT2D eigenvalue weighted by atomic mass is 19.1. The maximum absolute atomic E-state index is 13.3. The van der Waals surface area contributed by atoms with Crippen molar-refractivity contribution in [3.05, 3.63) is 89.3 Å². The largest absolute Gasteiger partial charge is 0.335 e. The molecule has 1 aliphatic heterocycles. The maximum atomic E-state index is 13.3. The van der Waals surface area contributed by atoms with Crippen LogP contribution in [0.2, 0.25) is 0 Å². The van der Waals surface area contributed by atoms with Gasteiger partial charge in [-0.3, -0.25) is 9.59 Å². The fourth-order valence-electron chi connectivity index (χ4n) is 2.91. The Labute approximate surface area is 148 Å². The number of aryl methyl sites for hydroxylation is 1. The Morgan fingerprint density at radius 1 is 1.00 bits per heavy atom. The van der Waals surface area contributed by atoms with Crippen molar-refractivity contribution >= 4 is 11.8 Å². The minimum absolute atomic E-state index is 0.292. The van der Waals surface area contributed by atoms with Crippen molar-refractivity contribution in [1.82, 2.24) is 14.6 Å². The SMILES string of the molecule is Cn1cncc1C(ON1C(=O)c2ccccc2C1=O)c1ccc(F)cc1. The van der Waals surface area contributed by atoms with Gasteiger partial charge in [-0.05, 0) is 29.8 Å². The molecule has 2 aromatic carbocycles. The molecule has 4 rings (SSSR count). The summed E-state index contributed by atoms with van der Waals surface area (Å²) in [7, 11) is 1.77. The van der Waals surface area contributed by atoms with Gasteiger partial charge >= 0.3 is 0 Å². The molecule has 0 saturated carbocycles. The second-order valence-electron chi connectivity index (χ2n) is 5.92. The zero-order valence-electron chi connectivity index (χ0n) is 13.8. The quantitative estimate of drug-likeness (QED) is 0.678. The van der Waals surface area contributed by atoms with Crippen molar-refractivity contribution < 1.29 is 18.8 Å². The highest BCUT2D eigenvalue weighted by Crippen LogP contribution is 2.31. The van der Waals surface area contributed by atoms with Gasteiger partial charge in [0, 0.05) is 7.05 Å². The average molecular weight is 351 g/mol. The van der Waals surface area contributed by atoms with E-state index in [9.17, 15) is 14.0 Å². The van der Waals surface area contributed by atoms with Crippen molar-refractivity contribution in [2.45, 2.75) is 6.10 Å². The van der Waals surface area contributed by atoms with Crippen LogP contribution in [0, 0.1) is 5.82 Å². The Hall–Kier alpha value is -3.32. The minimum atomic E-state index is -0.801. The third-order valence-electron chi connectivity index (χ3n) is 4.26. The van der Waals surface area contributed by atoms with Crippen molar-refractivity contribution in [2.24, 2.45) is 7.05 Å². The third-order valence-corrected chi connectivity index (χ3v) is 4.26. The Kier molecular flexibility index (Phi) is 3.85. The second kappa shape index (κ2) is 6.20. The summed E-state index contributed by atoms with van der Waals surface area (Å²) in [5.41, 5.74) is 1.79. The number of hydrogen-bond donors (Lipinski definition) is 0. The topological polar surface area (TPSA) is 64.4 Å². The van der Waals surface area contributed by atoms with Crippen LogP contribution in [0.4, 0.5) is 4.39 Å². The minimum Gasteiger partial charge on any atom is -0.335 e. The van der Waals surface area contributed by atoms with E-state index >= 15 is 0 Å². The van der Waals surface area contributed by atoms with E-state index in [1.54, 1.807) is 60.5 Å². The Bertz CT molecular complexity index is 962. The number of carbonyl (C=O) groups is 2. The Morgan fingerprint density at radius 3 is 2.15 bits per heavy atom. The number of amides is 2. The van der Waals surface area contributed by atoms with Crippen molar-refractivity contribution in [1.29, 1.82) is 0 Å². The van der Waals surface area contributed by atoms with Gasteiger partial charge in [0.2, 0.25) is 0 Å². The van der Waals surface area contributed by atoms with Gasteiger partial charge in [0.15, 0.2) is 6.10 Å². The maximum Gasteiger partial charge on any atom is 0.285 e. The predicted molar refractivity (Wildman–Crippen MR) is 89.5 cm³/mol. The highest BCUT2D eigenvalue weighted by molar-refractivity contribution is 6.20. The van der Waals surface area contributed by atoms with E-state index in [0.717, 1.165) is 5.06 Å². The molecule has 0 saturated heterocycles. The molecule has 0 fully saturated rings. The first-order chi connectivity index (χ1) is 12.6. The Morgan fingerprint density at radius 2 is 1.62 bits per heavy atom. The summed E-state index contributed by atoms with van der Waals surface area (Å²) in [6.07, 6.45) is 2.36. The fourth-order valence-corrected chi connectivity index (χ4v) is 2.91. The fraction of sp³-hybridized carbons (Fsp3) is 0.105. The van der Waals surface area contributed by atoms with Crippen LogP contribution < -0.4 is 0 Å². The van der Waals surface area contributed by atoms with Gasteiger partial charge in [-0.1, -0.05) is 24.3 Å². The number of benzene rings is 2. The van der Waals surface area contributed by atoms with Gasteiger partial charge in [0.1, 0.15) is 5.82 Å². The van der Waals surface area contributed by atoms with Crippen LogP contribution in [0.1, 0.15) is 38.1 Å². The lowest BCUT2D eigenvalue weighted by molar-refractivity contribution is -0.122. The number of carbonyl (C=O) groups excluding carboxylic acids is 2. The zero-order valence-corrected chi connectivity index (χ0v) is 13.8. The molecule has 2 heterocycles. The number of imide groups is 1. The molecule has 1 aliphatic rings. The number of hydroxylamine groups is 2. The van der Waals surface area contributed by atoms with Crippen molar-refractivity contribution in [2.75, 3.05) is 0 Å². The molecule has 7 heteroatoms. The van der Waals surface area contributed by atoms with Gasteiger partial charge < -0.3 is 4.57 Å². The molecule has 6 nitrogen and oxygen atoms in total. The number of fused-ring (bicyclic) bond motifs is 1. The summed E-state index contributed by atoms with van der Waals surface area (Å²) in [6, 6.07) is 12.2. The summed E-state index contributed by atoms with van der Waals surface area (Å²) in [5, 5.41) is 0.756. The van der Waals surface area contributed by atoms with Gasteiger partial charge in [-0.15, -0.1) is 5.06 Å². The van der Waals surface area contributed by atoms with E-state index in [4.69, 9.17) is 4.84 Å². The molecule has 0 aliphatic carbocycles. The lowest BCUT2D eigenvalue weighted by atomic mass is 10.1. The number of hydrogen-bond acceptors (Lipinski definition) is 4. The molecule has 130 valence electrons. The first kappa shape index (κ1) is 16.2. The predicted octanol–water partition coefficient (Wildman–Crippen LogP) is 2.88.